The number of aromatic nitrogens is 5. The quantitative estimate of drug-likeness (QED) is 0.504. The molecule has 0 bridgehead atoms. The molecule has 1 fully saturated rings. The zero-order valence-corrected chi connectivity index (χ0v) is 16.2. The molecule has 1 aromatic carbocycles. The number of ether oxygens (including phenoxy) is 1. The average molecular weight is 404 g/mol. The van der Waals surface area contributed by atoms with Crippen LogP contribution in [0.15, 0.2) is 59.5 Å². The van der Waals surface area contributed by atoms with E-state index in [4.69, 9.17) is 9.26 Å². The number of hydrogen-bond donors (Lipinski definition) is 0. The van der Waals surface area contributed by atoms with E-state index in [-0.39, 0.29) is 5.91 Å². The van der Waals surface area contributed by atoms with Gasteiger partial charge < -0.3 is 14.2 Å². The van der Waals surface area contributed by atoms with Crippen LogP contribution in [0, 0.1) is 0 Å². The van der Waals surface area contributed by atoms with Crippen molar-refractivity contribution in [3.05, 3.63) is 60.9 Å². The van der Waals surface area contributed by atoms with Crippen molar-refractivity contribution >= 4 is 16.8 Å². The molecule has 1 atom stereocenters. The molecule has 1 aliphatic rings. The SMILES string of the molecule is O=C(CCn1ncc2ccccc21)N1CCO[C@@H](c2nc(-c3ccncc3)no2)C1. The maximum Gasteiger partial charge on any atom is 0.257 e. The fourth-order valence-corrected chi connectivity index (χ4v) is 3.57. The Balaban J connectivity index is 1.23. The molecule has 1 amide bonds. The summed E-state index contributed by atoms with van der Waals surface area (Å²) >= 11 is 0. The molecule has 0 aliphatic carbocycles. The topological polar surface area (TPSA) is 99.2 Å². The second kappa shape index (κ2) is 8.03. The van der Waals surface area contributed by atoms with Gasteiger partial charge in [-0.05, 0) is 18.2 Å². The molecule has 0 saturated carbocycles. The lowest BCUT2D eigenvalue weighted by Crippen LogP contribution is -2.42. The van der Waals surface area contributed by atoms with Gasteiger partial charge in [-0.2, -0.15) is 10.1 Å². The number of rotatable bonds is 5. The van der Waals surface area contributed by atoms with E-state index in [0.29, 0.717) is 44.4 Å². The number of hydrogen-bond acceptors (Lipinski definition) is 7. The fraction of sp³-hybridized carbons (Fsp3) is 0.286. The normalized spacial score (nSPS) is 16.8. The lowest BCUT2D eigenvalue weighted by atomic mass is 10.2. The summed E-state index contributed by atoms with van der Waals surface area (Å²) in [5.41, 5.74) is 1.84. The Bertz CT molecular complexity index is 1160. The predicted molar refractivity (Wildman–Crippen MR) is 107 cm³/mol. The Morgan fingerprint density at radius 1 is 1.17 bits per heavy atom. The molecule has 3 aromatic heterocycles. The van der Waals surface area contributed by atoms with Gasteiger partial charge in [0.25, 0.3) is 5.89 Å². The van der Waals surface area contributed by atoms with E-state index in [1.807, 2.05) is 47.3 Å². The van der Waals surface area contributed by atoms with Crippen molar-refractivity contribution in [2.45, 2.75) is 19.1 Å². The summed E-state index contributed by atoms with van der Waals surface area (Å²) in [6, 6.07) is 11.6. The van der Waals surface area contributed by atoms with E-state index in [0.717, 1.165) is 16.5 Å². The number of fused-ring (bicyclic) bond motifs is 1. The number of benzene rings is 1. The number of carbonyl (C=O) groups excluding carboxylic acids is 1. The molecule has 4 heterocycles. The summed E-state index contributed by atoms with van der Waals surface area (Å²) in [6.07, 6.45) is 5.10. The highest BCUT2D eigenvalue weighted by molar-refractivity contribution is 5.79. The first kappa shape index (κ1) is 18.4. The number of pyridine rings is 1. The van der Waals surface area contributed by atoms with Gasteiger partial charge in [0, 0.05) is 36.3 Å². The molecule has 1 aliphatic heterocycles. The monoisotopic (exact) mass is 404 g/mol. The van der Waals surface area contributed by atoms with E-state index in [1.54, 1.807) is 17.3 Å². The summed E-state index contributed by atoms with van der Waals surface area (Å²) in [5, 5.41) is 9.48. The van der Waals surface area contributed by atoms with Crippen molar-refractivity contribution in [2.75, 3.05) is 19.7 Å². The maximum atomic E-state index is 12.8. The first-order valence-corrected chi connectivity index (χ1v) is 9.82. The number of nitrogens with zero attached hydrogens (tertiary/aromatic N) is 6. The minimum atomic E-state index is -0.434. The molecule has 0 unspecified atom stereocenters. The number of amides is 1. The van der Waals surface area contributed by atoms with E-state index < -0.39 is 6.10 Å². The molecule has 152 valence electrons. The predicted octanol–water partition coefficient (Wildman–Crippen LogP) is 2.47. The maximum absolute atomic E-state index is 12.8. The van der Waals surface area contributed by atoms with Crippen molar-refractivity contribution in [1.29, 1.82) is 0 Å². The Hall–Kier alpha value is -3.59. The summed E-state index contributed by atoms with van der Waals surface area (Å²) in [4.78, 5) is 23.0. The molecule has 4 aromatic rings. The Morgan fingerprint density at radius 3 is 2.93 bits per heavy atom. The highest BCUT2D eigenvalue weighted by Crippen LogP contribution is 2.24. The zero-order chi connectivity index (χ0) is 20.3. The van der Waals surface area contributed by atoms with Gasteiger partial charge in [0.2, 0.25) is 11.7 Å². The van der Waals surface area contributed by atoms with Crippen LogP contribution in [0.2, 0.25) is 0 Å². The van der Waals surface area contributed by atoms with Gasteiger partial charge in [0.05, 0.1) is 31.4 Å². The standard InChI is InChI=1S/C21H20N6O3/c28-19(7-10-27-17-4-2-1-3-16(17)13-23-27)26-11-12-29-18(14-26)21-24-20(25-30-21)15-5-8-22-9-6-15/h1-6,8-9,13,18H,7,10-12,14H2/t18-/m1/s1. The Kier molecular flexibility index (Phi) is 4.94. The smallest absolute Gasteiger partial charge is 0.257 e. The summed E-state index contributed by atoms with van der Waals surface area (Å²) in [6.45, 7) is 1.88. The summed E-state index contributed by atoms with van der Waals surface area (Å²) < 4.78 is 13.0. The highest BCUT2D eigenvalue weighted by Gasteiger charge is 2.29. The van der Waals surface area contributed by atoms with Crippen molar-refractivity contribution in [3.63, 3.8) is 0 Å². The van der Waals surface area contributed by atoms with Crippen molar-refractivity contribution in [2.24, 2.45) is 0 Å². The third kappa shape index (κ3) is 3.67. The van der Waals surface area contributed by atoms with Gasteiger partial charge in [-0.25, -0.2) is 0 Å². The van der Waals surface area contributed by atoms with Gasteiger partial charge in [-0.1, -0.05) is 23.4 Å². The van der Waals surface area contributed by atoms with E-state index in [2.05, 4.69) is 20.2 Å². The van der Waals surface area contributed by atoms with Crippen LogP contribution >= 0.6 is 0 Å². The first-order chi connectivity index (χ1) is 14.8. The minimum Gasteiger partial charge on any atom is -0.365 e. The summed E-state index contributed by atoms with van der Waals surface area (Å²) in [5.74, 6) is 0.902. The Morgan fingerprint density at radius 2 is 2.03 bits per heavy atom. The van der Waals surface area contributed by atoms with Crippen molar-refractivity contribution in [3.8, 4) is 11.4 Å². The number of carbonyl (C=O) groups is 1. The number of morpholine rings is 1. The lowest BCUT2D eigenvalue weighted by molar-refractivity contribution is -0.140. The van der Waals surface area contributed by atoms with Crippen LogP contribution in [0.5, 0.6) is 0 Å². The molecule has 0 radical (unpaired) electrons. The number of aryl methyl sites for hydroxylation is 1. The van der Waals surface area contributed by atoms with E-state index in [9.17, 15) is 4.79 Å². The third-order valence-electron chi connectivity index (χ3n) is 5.16. The van der Waals surface area contributed by atoms with Crippen LogP contribution in [0.3, 0.4) is 0 Å². The largest absolute Gasteiger partial charge is 0.365 e. The number of para-hydroxylation sites is 1. The molecule has 9 nitrogen and oxygen atoms in total. The third-order valence-corrected chi connectivity index (χ3v) is 5.16. The summed E-state index contributed by atoms with van der Waals surface area (Å²) in [7, 11) is 0. The van der Waals surface area contributed by atoms with Crippen LogP contribution in [-0.2, 0) is 16.1 Å². The molecule has 5 rings (SSSR count). The van der Waals surface area contributed by atoms with Crippen LogP contribution in [0.25, 0.3) is 22.3 Å². The molecular formula is C21H20N6O3. The van der Waals surface area contributed by atoms with Crippen LogP contribution in [-0.4, -0.2) is 55.4 Å². The van der Waals surface area contributed by atoms with Gasteiger partial charge in [-0.15, -0.1) is 0 Å². The van der Waals surface area contributed by atoms with Crippen molar-refractivity contribution in [1.82, 2.24) is 29.8 Å². The first-order valence-electron chi connectivity index (χ1n) is 9.82. The molecule has 1 saturated heterocycles. The van der Waals surface area contributed by atoms with Crippen molar-refractivity contribution < 1.29 is 14.1 Å². The lowest BCUT2D eigenvalue weighted by Gasteiger charge is -2.31. The van der Waals surface area contributed by atoms with E-state index in [1.165, 1.54) is 0 Å². The van der Waals surface area contributed by atoms with Gasteiger partial charge in [0.15, 0.2) is 6.10 Å². The molecule has 0 spiro atoms. The molecule has 9 heteroatoms. The van der Waals surface area contributed by atoms with Crippen LogP contribution in [0.1, 0.15) is 18.4 Å². The van der Waals surface area contributed by atoms with Gasteiger partial charge in [-0.3, -0.25) is 14.5 Å². The molecular weight excluding hydrogens is 384 g/mol. The van der Waals surface area contributed by atoms with E-state index >= 15 is 0 Å². The van der Waals surface area contributed by atoms with Gasteiger partial charge >= 0.3 is 0 Å². The van der Waals surface area contributed by atoms with Crippen LogP contribution < -0.4 is 0 Å². The second-order valence-electron chi connectivity index (χ2n) is 7.07. The van der Waals surface area contributed by atoms with Gasteiger partial charge in [0.1, 0.15) is 0 Å². The zero-order valence-electron chi connectivity index (χ0n) is 16.2. The molecule has 30 heavy (non-hydrogen) atoms. The Labute approximate surface area is 172 Å². The van der Waals surface area contributed by atoms with Crippen LogP contribution in [0.4, 0.5) is 0 Å². The average Bonchev–Trinajstić information content (AvgIpc) is 3.46. The highest BCUT2D eigenvalue weighted by atomic mass is 16.5. The molecule has 0 N–H and O–H groups in total. The minimum absolute atomic E-state index is 0.0525. The fourth-order valence-electron chi connectivity index (χ4n) is 3.57. The second-order valence-corrected chi connectivity index (χ2v) is 7.07.